The van der Waals surface area contributed by atoms with Crippen molar-refractivity contribution in [1.82, 2.24) is 4.90 Å². The maximum Gasteiger partial charge on any atom is 0.222 e. The van der Waals surface area contributed by atoms with E-state index in [1.165, 1.54) is 0 Å². The second-order valence-corrected chi connectivity index (χ2v) is 5.81. The van der Waals surface area contributed by atoms with Crippen LogP contribution in [-0.4, -0.2) is 23.9 Å². The van der Waals surface area contributed by atoms with Gasteiger partial charge in [0, 0.05) is 25.6 Å². The third-order valence-electron chi connectivity index (χ3n) is 4.24. The molecule has 0 aliphatic carbocycles. The number of carbonyl (C=O) groups is 1. The summed E-state index contributed by atoms with van der Waals surface area (Å²) in [5.74, 6) is 1.49. The number of hydrogen-bond donors (Lipinski definition) is 1. The molecule has 0 saturated carbocycles. The van der Waals surface area contributed by atoms with Crippen molar-refractivity contribution in [3.8, 4) is 0 Å². The highest BCUT2D eigenvalue weighted by Gasteiger charge is 2.29. The minimum Gasteiger partial charge on any atom is -0.342 e. The zero-order valence-electron chi connectivity index (χ0n) is 11.9. The Morgan fingerprint density at radius 3 is 2.42 bits per heavy atom. The number of likely N-dealkylation sites (tertiary alicyclic amines) is 1. The van der Waals surface area contributed by atoms with Gasteiger partial charge in [-0.1, -0.05) is 44.2 Å². The van der Waals surface area contributed by atoms with E-state index in [2.05, 4.69) is 13.8 Å². The highest BCUT2D eigenvalue weighted by molar-refractivity contribution is 5.76. The Bertz CT molecular complexity index is 408. The largest absolute Gasteiger partial charge is 0.342 e. The standard InChI is InChI=1S/C16H24N2O/c1-12-10-18(11-13(12)2)16(19)9-8-15(17)14-6-4-3-5-7-14/h3-7,12-13,15H,8-11,17H2,1-2H3. The lowest BCUT2D eigenvalue weighted by molar-refractivity contribution is -0.130. The molecule has 2 N–H and O–H groups in total. The van der Waals surface area contributed by atoms with Gasteiger partial charge < -0.3 is 10.6 Å². The summed E-state index contributed by atoms with van der Waals surface area (Å²) >= 11 is 0. The second-order valence-electron chi connectivity index (χ2n) is 5.81. The molecule has 3 atom stereocenters. The molecule has 0 aromatic heterocycles. The van der Waals surface area contributed by atoms with Gasteiger partial charge in [-0.2, -0.15) is 0 Å². The van der Waals surface area contributed by atoms with E-state index in [4.69, 9.17) is 5.73 Å². The lowest BCUT2D eigenvalue weighted by Crippen LogP contribution is -2.29. The van der Waals surface area contributed by atoms with Crippen LogP contribution in [0.15, 0.2) is 30.3 Å². The van der Waals surface area contributed by atoms with Gasteiger partial charge in [0.1, 0.15) is 0 Å². The lowest BCUT2D eigenvalue weighted by Gasteiger charge is -2.18. The zero-order valence-corrected chi connectivity index (χ0v) is 11.9. The van der Waals surface area contributed by atoms with Crippen molar-refractivity contribution in [3.05, 3.63) is 35.9 Å². The molecule has 1 saturated heterocycles. The summed E-state index contributed by atoms with van der Waals surface area (Å²) < 4.78 is 0. The van der Waals surface area contributed by atoms with Gasteiger partial charge in [-0.15, -0.1) is 0 Å². The monoisotopic (exact) mass is 260 g/mol. The van der Waals surface area contributed by atoms with Crippen LogP contribution in [0.2, 0.25) is 0 Å². The molecule has 0 spiro atoms. The van der Waals surface area contributed by atoms with Gasteiger partial charge in [-0.3, -0.25) is 4.79 Å². The van der Waals surface area contributed by atoms with E-state index in [1.807, 2.05) is 35.2 Å². The summed E-state index contributed by atoms with van der Waals surface area (Å²) in [6.45, 7) is 6.24. The van der Waals surface area contributed by atoms with Crippen LogP contribution in [-0.2, 0) is 4.79 Å². The molecular weight excluding hydrogens is 236 g/mol. The zero-order chi connectivity index (χ0) is 13.8. The van der Waals surface area contributed by atoms with E-state index in [9.17, 15) is 4.79 Å². The molecule has 1 aromatic carbocycles. The summed E-state index contributed by atoms with van der Waals surface area (Å²) in [6, 6.07) is 9.96. The average molecular weight is 260 g/mol. The minimum atomic E-state index is -0.0393. The quantitative estimate of drug-likeness (QED) is 0.904. The topological polar surface area (TPSA) is 46.3 Å². The van der Waals surface area contributed by atoms with Crippen molar-refractivity contribution in [1.29, 1.82) is 0 Å². The number of amides is 1. The maximum absolute atomic E-state index is 12.1. The normalized spacial score (nSPS) is 24.5. The fourth-order valence-corrected chi connectivity index (χ4v) is 2.64. The van der Waals surface area contributed by atoms with Gasteiger partial charge in [-0.25, -0.2) is 0 Å². The Morgan fingerprint density at radius 1 is 1.26 bits per heavy atom. The number of benzene rings is 1. The number of hydrogen-bond acceptors (Lipinski definition) is 2. The van der Waals surface area contributed by atoms with Gasteiger partial charge in [0.25, 0.3) is 0 Å². The Morgan fingerprint density at radius 2 is 1.84 bits per heavy atom. The molecule has 1 aliphatic heterocycles. The molecule has 1 amide bonds. The van der Waals surface area contributed by atoms with Crippen molar-refractivity contribution >= 4 is 5.91 Å². The van der Waals surface area contributed by atoms with Crippen molar-refractivity contribution in [3.63, 3.8) is 0 Å². The van der Waals surface area contributed by atoms with Gasteiger partial charge in [0.15, 0.2) is 0 Å². The average Bonchev–Trinajstić information content (AvgIpc) is 2.77. The van der Waals surface area contributed by atoms with E-state index < -0.39 is 0 Å². The van der Waals surface area contributed by atoms with Crippen molar-refractivity contribution in [2.75, 3.05) is 13.1 Å². The number of nitrogens with two attached hydrogens (primary N) is 1. The molecule has 0 radical (unpaired) electrons. The van der Waals surface area contributed by atoms with Gasteiger partial charge in [-0.05, 0) is 23.8 Å². The fourth-order valence-electron chi connectivity index (χ4n) is 2.64. The molecule has 1 aromatic rings. The van der Waals surface area contributed by atoms with Gasteiger partial charge in [0.05, 0.1) is 0 Å². The second kappa shape index (κ2) is 6.20. The molecule has 1 aliphatic rings. The summed E-state index contributed by atoms with van der Waals surface area (Å²) in [7, 11) is 0. The first-order valence-electron chi connectivity index (χ1n) is 7.16. The predicted molar refractivity (Wildman–Crippen MR) is 77.5 cm³/mol. The van der Waals surface area contributed by atoms with Crippen LogP contribution in [0.5, 0.6) is 0 Å². The molecule has 3 heteroatoms. The molecular formula is C16H24N2O. The highest BCUT2D eigenvalue weighted by Crippen LogP contribution is 2.24. The van der Waals surface area contributed by atoms with Crippen LogP contribution in [0.25, 0.3) is 0 Å². The summed E-state index contributed by atoms with van der Waals surface area (Å²) in [5.41, 5.74) is 7.24. The molecule has 19 heavy (non-hydrogen) atoms. The van der Waals surface area contributed by atoms with Crippen LogP contribution in [0, 0.1) is 11.8 Å². The summed E-state index contributed by atoms with van der Waals surface area (Å²) in [4.78, 5) is 14.1. The van der Waals surface area contributed by atoms with E-state index in [0.29, 0.717) is 18.3 Å². The van der Waals surface area contributed by atoms with Gasteiger partial charge >= 0.3 is 0 Å². The molecule has 104 valence electrons. The Hall–Kier alpha value is -1.35. The van der Waals surface area contributed by atoms with E-state index >= 15 is 0 Å². The van der Waals surface area contributed by atoms with E-state index in [0.717, 1.165) is 25.1 Å². The molecule has 0 bridgehead atoms. The smallest absolute Gasteiger partial charge is 0.222 e. The van der Waals surface area contributed by atoms with Crippen LogP contribution in [0.1, 0.15) is 38.3 Å². The summed E-state index contributed by atoms with van der Waals surface area (Å²) in [5, 5.41) is 0. The van der Waals surface area contributed by atoms with E-state index in [1.54, 1.807) is 0 Å². The third kappa shape index (κ3) is 3.57. The first-order valence-corrected chi connectivity index (χ1v) is 7.16. The maximum atomic E-state index is 12.1. The fraction of sp³-hybridized carbons (Fsp3) is 0.562. The van der Waals surface area contributed by atoms with Crippen LogP contribution in [0.4, 0.5) is 0 Å². The van der Waals surface area contributed by atoms with Crippen LogP contribution in [0.3, 0.4) is 0 Å². The molecule has 1 heterocycles. The van der Waals surface area contributed by atoms with Crippen LogP contribution < -0.4 is 5.73 Å². The minimum absolute atomic E-state index is 0.0393. The van der Waals surface area contributed by atoms with Gasteiger partial charge in [0.2, 0.25) is 5.91 Å². The molecule has 1 fully saturated rings. The molecule has 3 unspecified atom stereocenters. The Balaban J connectivity index is 1.81. The highest BCUT2D eigenvalue weighted by atomic mass is 16.2. The first-order chi connectivity index (χ1) is 9.08. The lowest BCUT2D eigenvalue weighted by atomic mass is 10.0. The predicted octanol–water partition coefficient (Wildman–Crippen LogP) is 2.58. The molecule has 2 rings (SSSR count). The van der Waals surface area contributed by atoms with Crippen molar-refractivity contribution in [2.45, 2.75) is 32.7 Å². The van der Waals surface area contributed by atoms with Crippen molar-refractivity contribution < 1.29 is 4.79 Å². The molecule has 3 nitrogen and oxygen atoms in total. The third-order valence-corrected chi connectivity index (χ3v) is 4.24. The number of nitrogens with zero attached hydrogens (tertiary/aromatic N) is 1. The first kappa shape index (κ1) is 14.1. The Labute approximate surface area is 115 Å². The number of rotatable bonds is 4. The SMILES string of the molecule is CC1CN(C(=O)CCC(N)c2ccccc2)CC1C. The number of carbonyl (C=O) groups excluding carboxylic acids is 1. The van der Waals surface area contributed by atoms with Crippen LogP contribution >= 0.6 is 0 Å². The summed E-state index contributed by atoms with van der Waals surface area (Å²) in [6.07, 6.45) is 1.28. The van der Waals surface area contributed by atoms with Crippen molar-refractivity contribution in [2.24, 2.45) is 17.6 Å². The van der Waals surface area contributed by atoms with E-state index in [-0.39, 0.29) is 11.9 Å². The Kier molecular flexibility index (Phi) is 4.59.